The van der Waals surface area contributed by atoms with Crippen molar-refractivity contribution in [3.05, 3.63) is 0 Å². The van der Waals surface area contributed by atoms with Gasteiger partial charge in [0.25, 0.3) is 0 Å². The van der Waals surface area contributed by atoms with E-state index in [0.717, 1.165) is 0 Å². The van der Waals surface area contributed by atoms with Crippen molar-refractivity contribution in [3.63, 3.8) is 0 Å². The van der Waals surface area contributed by atoms with Gasteiger partial charge in [0.1, 0.15) is 6.10 Å². The first-order valence-corrected chi connectivity index (χ1v) is 3.88. The van der Waals surface area contributed by atoms with Crippen LogP contribution in [0.4, 0.5) is 0 Å². The normalized spacial score (nSPS) is 36.5. The van der Waals surface area contributed by atoms with E-state index in [4.69, 9.17) is 9.47 Å². The summed E-state index contributed by atoms with van der Waals surface area (Å²) in [4.78, 5) is 11.0. The average molecular weight is 158 g/mol. The molecular formula is C8H14O3. The van der Waals surface area contributed by atoms with Crippen LogP contribution in [0.3, 0.4) is 0 Å². The minimum Gasteiger partial charge on any atom is -0.373 e. The van der Waals surface area contributed by atoms with Crippen LogP contribution in [0, 0.1) is 0 Å². The Hall–Kier alpha value is -0.410. The van der Waals surface area contributed by atoms with Crippen LogP contribution in [-0.4, -0.2) is 30.7 Å². The molecule has 0 aromatic heterocycles. The second kappa shape index (κ2) is 2.91. The van der Waals surface area contributed by atoms with Crippen molar-refractivity contribution in [2.45, 2.75) is 32.5 Å². The van der Waals surface area contributed by atoms with Gasteiger partial charge in [-0.05, 0) is 20.8 Å². The van der Waals surface area contributed by atoms with E-state index in [1.807, 2.05) is 6.92 Å². The fourth-order valence-corrected chi connectivity index (χ4v) is 1.14. The molecule has 0 aliphatic carbocycles. The molecule has 1 rings (SSSR count). The van der Waals surface area contributed by atoms with E-state index in [9.17, 15) is 4.79 Å². The van der Waals surface area contributed by atoms with E-state index < -0.39 is 5.60 Å². The maximum atomic E-state index is 11.0. The van der Waals surface area contributed by atoms with E-state index in [-0.39, 0.29) is 11.9 Å². The summed E-state index contributed by atoms with van der Waals surface area (Å²) in [6.07, 6.45) is -0.0370. The Bertz CT molecular complexity index is 167. The van der Waals surface area contributed by atoms with E-state index in [1.54, 1.807) is 6.92 Å². The van der Waals surface area contributed by atoms with Crippen molar-refractivity contribution in [3.8, 4) is 0 Å². The summed E-state index contributed by atoms with van der Waals surface area (Å²) in [6, 6.07) is 0. The zero-order chi connectivity index (χ0) is 8.48. The predicted octanol–water partition coefficient (Wildman–Crippen LogP) is 0.769. The second-order valence-electron chi connectivity index (χ2n) is 2.92. The molecule has 0 aromatic rings. The first kappa shape index (κ1) is 8.68. The number of carbonyl (C=O) groups excluding carboxylic acids is 1. The van der Waals surface area contributed by atoms with Gasteiger partial charge >= 0.3 is 0 Å². The molecule has 2 atom stereocenters. The maximum Gasteiger partial charge on any atom is 0.164 e. The largest absolute Gasteiger partial charge is 0.373 e. The monoisotopic (exact) mass is 158 g/mol. The number of Topliss-reactive ketones (excluding diaryl/α,β-unsaturated/α-hetero) is 1. The van der Waals surface area contributed by atoms with Crippen molar-refractivity contribution in [1.82, 2.24) is 0 Å². The van der Waals surface area contributed by atoms with E-state index in [1.165, 1.54) is 6.92 Å². The molecule has 0 unspecified atom stereocenters. The summed E-state index contributed by atoms with van der Waals surface area (Å²) in [7, 11) is 0. The summed E-state index contributed by atoms with van der Waals surface area (Å²) < 4.78 is 10.5. The van der Waals surface area contributed by atoms with Gasteiger partial charge in [-0.1, -0.05) is 0 Å². The van der Waals surface area contributed by atoms with Crippen molar-refractivity contribution in [1.29, 1.82) is 0 Å². The molecule has 0 amide bonds. The molecular weight excluding hydrogens is 144 g/mol. The van der Waals surface area contributed by atoms with Crippen LogP contribution in [0.25, 0.3) is 0 Å². The summed E-state index contributed by atoms with van der Waals surface area (Å²) in [6.45, 7) is 6.41. The number of ether oxygens (including phenoxy) is 2. The van der Waals surface area contributed by atoms with Crippen LogP contribution in [0.15, 0.2) is 0 Å². The van der Waals surface area contributed by atoms with Gasteiger partial charge in [0.2, 0.25) is 0 Å². The molecule has 0 aromatic carbocycles. The highest BCUT2D eigenvalue weighted by atomic mass is 16.6. The molecule has 0 saturated carbocycles. The lowest BCUT2D eigenvalue weighted by atomic mass is 9.90. The lowest BCUT2D eigenvalue weighted by Gasteiger charge is -2.44. The van der Waals surface area contributed by atoms with Crippen LogP contribution >= 0.6 is 0 Å². The zero-order valence-corrected chi connectivity index (χ0v) is 7.22. The standard InChI is InChI=1S/C8H14O3/c1-4-10-7-5-11-8(7,3)6(2)9/h7H,4-5H2,1-3H3/t7-,8+/m0/s1. The van der Waals surface area contributed by atoms with Crippen molar-refractivity contribution in [2.24, 2.45) is 0 Å². The summed E-state index contributed by atoms with van der Waals surface area (Å²) in [5.41, 5.74) is -0.671. The van der Waals surface area contributed by atoms with E-state index in [0.29, 0.717) is 13.2 Å². The van der Waals surface area contributed by atoms with Gasteiger partial charge in [0.05, 0.1) is 6.61 Å². The molecule has 64 valence electrons. The number of hydrogen-bond acceptors (Lipinski definition) is 3. The first-order valence-electron chi connectivity index (χ1n) is 3.88. The smallest absolute Gasteiger partial charge is 0.164 e. The minimum atomic E-state index is -0.671. The molecule has 1 fully saturated rings. The summed E-state index contributed by atoms with van der Waals surface area (Å²) in [5.74, 6) is 0.0437. The molecule has 3 nitrogen and oxygen atoms in total. The number of rotatable bonds is 3. The van der Waals surface area contributed by atoms with Crippen LogP contribution < -0.4 is 0 Å². The number of carbonyl (C=O) groups is 1. The Morgan fingerprint density at radius 2 is 2.45 bits per heavy atom. The van der Waals surface area contributed by atoms with Crippen molar-refractivity contribution >= 4 is 5.78 Å². The fourth-order valence-electron chi connectivity index (χ4n) is 1.14. The second-order valence-corrected chi connectivity index (χ2v) is 2.92. The van der Waals surface area contributed by atoms with E-state index >= 15 is 0 Å². The molecule has 1 heterocycles. The quantitative estimate of drug-likeness (QED) is 0.608. The third kappa shape index (κ3) is 1.30. The molecule has 1 aliphatic heterocycles. The molecule has 1 aliphatic rings. The third-order valence-corrected chi connectivity index (χ3v) is 2.22. The Kier molecular flexibility index (Phi) is 2.30. The molecule has 0 radical (unpaired) electrons. The molecule has 3 heteroatoms. The predicted molar refractivity (Wildman–Crippen MR) is 40.5 cm³/mol. The minimum absolute atomic E-state index is 0.0370. The van der Waals surface area contributed by atoms with Crippen LogP contribution in [0.5, 0.6) is 0 Å². The Morgan fingerprint density at radius 3 is 2.73 bits per heavy atom. The highest BCUT2D eigenvalue weighted by molar-refractivity contribution is 5.86. The number of ketones is 1. The fraction of sp³-hybridized carbons (Fsp3) is 0.875. The van der Waals surface area contributed by atoms with Crippen LogP contribution in [-0.2, 0) is 14.3 Å². The third-order valence-electron chi connectivity index (χ3n) is 2.22. The van der Waals surface area contributed by atoms with Gasteiger partial charge in [0, 0.05) is 6.61 Å². The SMILES string of the molecule is CCO[C@H]1CO[C@]1(C)C(C)=O. The zero-order valence-electron chi connectivity index (χ0n) is 7.22. The molecule has 11 heavy (non-hydrogen) atoms. The van der Waals surface area contributed by atoms with Gasteiger partial charge in [0.15, 0.2) is 11.4 Å². The Labute approximate surface area is 66.7 Å². The van der Waals surface area contributed by atoms with Gasteiger partial charge in [-0.15, -0.1) is 0 Å². The highest BCUT2D eigenvalue weighted by Crippen LogP contribution is 2.29. The average Bonchev–Trinajstić information content (AvgIpc) is 1.96. The number of hydrogen-bond donors (Lipinski definition) is 0. The van der Waals surface area contributed by atoms with Crippen molar-refractivity contribution < 1.29 is 14.3 Å². The molecule has 1 saturated heterocycles. The molecule has 0 bridgehead atoms. The maximum absolute atomic E-state index is 11.0. The molecule has 0 N–H and O–H groups in total. The lowest BCUT2D eigenvalue weighted by molar-refractivity contribution is -0.236. The van der Waals surface area contributed by atoms with Crippen LogP contribution in [0.2, 0.25) is 0 Å². The lowest BCUT2D eigenvalue weighted by Crippen LogP contribution is -2.61. The summed E-state index contributed by atoms with van der Waals surface area (Å²) >= 11 is 0. The van der Waals surface area contributed by atoms with Gasteiger partial charge in [-0.25, -0.2) is 0 Å². The van der Waals surface area contributed by atoms with Crippen LogP contribution in [0.1, 0.15) is 20.8 Å². The first-order chi connectivity index (χ1) is 5.11. The van der Waals surface area contributed by atoms with Crippen molar-refractivity contribution in [2.75, 3.05) is 13.2 Å². The Balaban J connectivity index is 2.52. The van der Waals surface area contributed by atoms with Gasteiger partial charge < -0.3 is 9.47 Å². The van der Waals surface area contributed by atoms with E-state index in [2.05, 4.69) is 0 Å². The van der Waals surface area contributed by atoms with Gasteiger partial charge in [-0.2, -0.15) is 0 Å². The summed E-state index contributed by atoms with van der Waals surface area (Å²) in [5, 5.41) is 0. The topological polar surface area (TPSA) is 35.5 Å². The Morgan fingerprint density at radius 1 is 1.82 bits per heavy atom. The van der Waals surface area contributed by atoms with Gasteiger partial charge in [-0.3, -0.25) is 4.79 Å². The molecule has 0 spiro atoms. The highest BCUT2D eigenvalue weighted by Gasteiger charge is 2.49.